The van der Waals surface area contributed by atoms with Crippen molar-refractivity contribution >= 4 is 26.9 Å². The van der Waals surface area contributed by atoms with Crippen LogP contribution in [0.2, 0.25) is 0 Å². The van der Waals surface area contributed by atoms with E-state index >= 15 is 0 Å². The maximum atomic E-state index is 13.2. The van der Waals surface area contributed by atoms with E-state index < -0.39 is 21.1 Å². The van der Waals surface area contributed by atoms with E-state index in [1.165, 1.54) is 39.7 Å². The molecule has 0 unspecified atom stereocenters. The molecule has 3 aromatic rings. The molecule has 0 spiro atoms. The van der Waals surface area contributed by atoms with Gasteiger partial charge in [-0.1, -0.05) is 6.07 Å². The summed E-state index contributed by atoms with van der Waals surface area (Å²) in [7, 11) is -0.765. The average molecular weight is 415 g/mol. The smallest absolute Gasteiger partial charge is 0.316 e. The predicted molar refractivity (Wildman–Crippen MR) is 110 cm³/mol. The van der Waals surface area contributed by atoms with Crippen LogP contribution in [0.25, 0.3) is 11.0 Å². The molecule has 0 amide bonds. The number of anilines is 1. The Morgan fingerprint density at radius 1 is 0.862 bits per heavy atom. The number of rotatable bonds is 3. The highest BCUT2D eigenvalue weighted by Crippen LogP contribution is 2.22. The molecule has 0 N–H and O–H groups in total. The molecule has 1 saturated heterocycles. The standard InChI is InChI=1S/C19H21N5O4S/c1-21-15-7-6-14(13-16(15)22(2)19(26)18(21)25)29(27,28)24-11-9-23(10-12-24)17-5-3-4-8-20-17/h3-8,13H,9-12H2,1-2H3. The van der Waals surface area contributed by atoms with Crippen molar-refractivity contribution in [1.29, 1.82) is 0 Å². The van der Waals surface area contributed by atoms with Crippen molar-refractivity contribution in [1.82, 2.24) is 18.4 Å². The lowest BCUT2D eigenvalue weighted by molar-refractivity contribution is 0.384. The third-order valence-electron chi connectivity index (χ3n) is 5.31. The quantitative estimate of drug-likeness (QED) is 0.565. The molecule has 1 fully saturated rings. The number of hydrogen-bond acceptors (Lipinski definition) is 6. The molecule has 9 nitrogen and oxygen atoms in total. The van der Waals surface area contributed by atoms with Gasteiger partial charge in [-0.3, -0.25) is 9.59 Å². The highest BCUT2D eigenvalue weighted by molar-refractivity contribution is 7.89. The van der Waals surface area contributed by atoms with E-state index in [1.54, 1.807) is 12.3 Å². The van der Waals surface area contributed by atoms with E-state index in [4.69, 9.17) is 0 Å². The first-order chi connectivity index (χ1) is 13.8. The Morgan fingerprint density at radius 3 is 2.14 bits per heavy atom. The van der Waals surface area contributed by atoms with E-state index in [1.807, 2.05) is 23.1 Å². The molecule has 1 aromatic carbocycles. The van der Waals surface area contributed by atoms with E-state index in [0.29, 0.717) is 37.2 Å². The van der Waals surface area contributed by atoms with Gasteiger partial charge in [0, 0.05) is 46.5 Å². The first-order valence-corrected chi connectivity index (χ1v) is 10.6. The fourth-order valence-corrected chi connectivity index (χ4v) is 5.01. The molecule has 2 aromatic heterocycles. The Balaban J connectivity index is 1.65. The van der Waals surface area contributed by atoms with E-state index in [9.17, 15) is 18.0 Å². The number of hydrogen-bond donors (Lipinski definition) is 0. The van der Waals surface area contributed by atoms with E-state index in [-0.39, 0.29) is 4.90 Å². The van der Waals surface area contributed by atoms with Crippen molar-refractivity contribution in [3.05, 3.63) is 63.3 Å². The third-order valence-corrected chi connectivity index (χ3v) is 7.21. The predicted octanol–water partition coefficient (Wildman–Crippen LogP) is 0.143. The molecule has 29 heavy (non-hydrogen) atoms. The molecule has 0 saturated carbocycles. The van der Waals surface area contributed by atoms with E-state index in [2.05, 4.69) is 4.98 Å². The van der Waals surface area contributed by atoms with Gasteiger partial charge in [0.05, 0.1) is 15.9 Å². The van der Waals surface area contributed by atoms with Gasteiger partial charge < -0.3 is 14.0 Å². The van der Waals surface area contributed by atoms with Crippen LogP contribution in [0.3, 0.4) is 0 Å². The summed E-state index contributed by atoms with van der Waals surface area (Å²) in [6.07, 6.45) is 1.71. The highest BCUT2D eigenvalue weighted by Gasteiger charge is 2.29. The number of nitrogens with zero attached hydrogens (tertiary/aromatic N) is 5. The second-order valence-corrected chi connectivity index (χ2v) is 8.90. The van der Waals surface area contributed by atoms with Crippen molar-refractivity contribution in [2.45, 2.75) is 4.90 Å². The lowest BCUT2D eigenvalue weighted by Gasteiger charge is -2.34. The normalized spacial score (nSPS) is 15.7. The minimum Gasteiger partial charge on any atom is -0.354 e. The number of aryl methyl sites for hydroxylation is 2. The van der Waals surface area contributed by atoms with Crippen LogP contribution < -0.4 is 16.0 Å². The summed E-state index contributed by atoms with van der Waals surface area (Å²) in [5.74, 6) is 0.825. The van der Waals surface area contributed by atoms with Gasteiger partial charge in [-0.25, -0.2) is 13.4 Å². The van der Waals surface area contributed by atoms with Crippen LogP contribution in [0.15, 0.2) is 57.1 Å². The highest BCUT2D eigenvalue weighted by atomic mass is 32.2. The van der Waals surface area contributed by atoms with Crippen molar-refractivity contribution in [2.75, 3.05) is 31.1 Å². The second kappa shape index (κ2) is 7.12. The Bertz CT molecular complexity index is 1290. The van der Waals surface area contributed by atoms with Gasteiger partial charge in [-0.15, -0.1) is 0 Å². The number of fused-ring (bicyclic) bond motifs is 1. The van der Waals surface area contributed by atoms with Crippen molar-refractivity contribution in [3.8, 4) is 0 Å². The van der Waals surface area contributed by atoms with Gasteiger partial charge in [0.25, 0.3) is 0 Å². The number of piperazine rings is 1. The summed E-state index contributed by atoms with van der Waals surface area (Å²) < 4.78 is 30.2. The van der Waals surface area contributed by atoms with Gasteiger partial charge in [0.1, 0.15) is 5.82 Å². The van der Waals surface area contributed by atoms with Crippen molar-refractivity contribution in [2.24, 2.45) is 14.1 Å². The Hall–Kier alpha value is -2.98. The van der Waals surface area contributed by atoms with Crippen LogP contribution >= 0.6 is 0 Å². The summed E-state index contributed by atoms with van der Waals surface area (Å²) >= 11 is 0. The molecule has 10 heteroatoms. The molecule has 0 aliphatic carbocycles. The summed E-state index contributed by atoms with van der Waals surface area (Å²) in [4.78, 5) is 30.5. The fourth-order valence-electron chi connectivity index (χ4n) is 3.57. The molecule has 4 rings (SSSR count). The van der Waals surface area contributed by atoms with Gasteiger partial charge in [-0.05, 0) is 30.3 Å². The van der Waals surface area contributed by atoms with Crippen LogP contribution in [0.1, 0.15) is 0 Å². The molecule has 0 bridgehead atoms. The molecular formula is C19H21N5O4S. The minimum atomic E-state index is -3.73. The lowest BCUT2D eigenvalue weighted by atomic mass is 10.3. The molecule has 3 heterocycles. The first-order valence-electron chi connectivity index (χ1n) is 9.16. The second-order valence-electron chi connectivity index (χ2n) is 6.96. The third kappa shape index (κ3) is 3.23. The molecule has 0 radical (unpaired) electrons. The monoisotopic (exact) mass is 415 g/mol. The van der Waals surface area contributed by atoms with Crippen molar-refractivity contribution in [3.63, 3.8) is 0 Å². The number of benzene rings is 1. The molecular weight excluding hydrogens is 394 g/mol. The van der Waals surface area contributed by atoms with Gasteiger partial charge in [0.2, 0.25) is 10.0 Å². The number of aromatic nitrogens is 3. The van der Waals surface area contributed by atoms with Gasteiger partial charge in [-0.2, -0.15) is 4.31 Å². The van der Waals surface area contributed by atoms with Crippen molar-refractivity contribution < 1.29 is 8.42 Å². The van der Waals surface area contributed by atoms with Crippen LogP contribution in [0.4, 0.5) is 5.82 Å². The Kier molecular flexibility index (Phi) is 4.75. The van der Waals surface area contributed by atoms with Crippen LogP contribution in [-0.4, -0.2) is 53.0 Å². The first kappa shape index (κ1) is 19.3. The average Bonchev–Trinajstić information content (AvgIpc) is 2.76. The fraction of sp³-hybridized carbons (Fsp3) is 0.316. The van der Waals surface area contributed by atoms with Crippen LogP contribution in [0, 0.1) is 0 Å². The summed E-state index contributed by atoms with van der Waals surface area (Å²) in [5, 5.41) is 0. The lowest BCUT2D eigenvalue weighted by Crippen LogP contribution is -2.48. The topological polar surface area (TPSA) is 97.5 Å². The molecule has 1 aliphatic heterocycles. The SMILES string of the molecule is Cn1c(=O)c(=O)n(C)c2cc(S(=O)(=O)N3CCN(c4ccccn4)CC3)ccc21. The minimum absolute atomic E-state index is 0.102. The summed E-state index contributed by atoms with van der Waals surface area (Å²) in [6.45, 7) is 1.75. The van der Waals surface area contributed by atoms with Gasteiger partial charge in [0.15, 0.2) is 0 Å². The largest absolute Gasteiger partial charge is 0.354 e. The molecule has 152 valence electrons. The van der Waals surface area contributed by atoms with Crippen LogP contribution in [0.5, 0.6) is 0 Å². The maximum absolute atomic E-state index is 13.2. The number of sulfonamides is 1. The number of pyridine rings is 1. The Labute approximate surface area is 167 Å². The summed E-state index contributed by atoms with van der Waals surface area (Å²) in [6, 6.07) is 10.1. The van der Waals surface area contributed by atoms with Gasteiger partial charge >= 0.3 is 11.1 Å². The van der Waals surface area contributed by atoms with E-state index in [0.717, 1.165) is 5.82 Å². The molecule has 1 aliphatic rings. The zero-order chi connectivity index (χ0) is 20.8. The maximum Gasteiger partial charge on any atom is 0.316 e. The summed E-state index contributed by atoms with van der Waals surface area (Å²) in [5.41, 5.74) is -0.457. The zero-order valence-electron chi connectivity index (χ0n) is 16.1. The molecule has 0 atom stereocenters. The zero-order valence-corrected chi connectivity index (χ0v) is 17.0. The Morgan fingerprint density at radius 2 is 1.52 bits per heavy atom. The van der Waals surface area contributed by atoms with Crippen LogP contribution in [-0.2, 0) is 24.1 Å².